The van der Waals surface area contributed by atoms with Crippen molar-refractivity contribution in [3.63, 3.8) is 0 Å². The summed E-state index contributed by atoms with van der Waals surface area (Å²) >= 11 is 2.65. The summed E-state index contributed by atoms with van der Waals surface area (Å²) in [6.45, 7) is 16.2. The van der Waals surface area contributed by atoms with E-state index in [2.05, 4.69) is 142 Å². The molecule has 0 saturated heterocycles. The normalized spacial score (nSPS) is 21.7. The first-order valence-corrected chi connectivity index (χ1v) is 16.2. The molecule has 3 aromatic carbocycles. The Kier molecular flexibility index (Phi) is 11.2. The average molecular weight is 630 g/mol. The van der Waals surface area contributed by atoms with Crippen LogP contribution in [0.2, 0.25) is 3.34 Å². The first-order chi connectivity index (χ1) is 17.0. The van der Waals surface area contributed by atoms with Crippen molar-refractivity contribution in [2.24, 2.45) is 11.8 Å². The maximum atomic E-state index is 2.65. The van der Waals surface area contributed by atoms with Gasteiger partial charge in [-0.3, -0.25) is 0 Å². The van der Waals surface area contributed by atoms with Crippen molar-refractivity contribution >= 4 is 23.6 Å². The number of allylic oxidation sites excluding steroid dienone is 4. The average Bonchev–Trinajstić information content (AvgIpc) is 3.03. The molecule has 0 bridgehead atoms. The van der Waals surface area contributed by atoms with Crippen molar-refractivity contribution in [2.45, 2.75) is 64.7 Å². The van der Waals surface area contributed by atoms with Crippen molar-refractivity contribution < 1.29 is 57.7 Å². The van der Waals surface area contributed by atoms with Crippen LogP contribution in [0.3, 0.4) is 0 Å². The van der Waals surface area contributed by atoms with Crippen LogP contribution in [0, 0.1) is 53.4 Å². The number of aryl methyl sites for hydroxylation is 6. The summed E-state index contributed by atoms with van der Waals surface area (Å²) in [7, 11) is -2.58. The maximum absolute atomic E-state index is 2.65. The number of halogens is 3. The molecule has 2 aliphatic rings. The molecular formula is C34H39Cl3SiTi. The third kappa shape index (κ3) is 5.70. The molecule has 0 nitrogen and oxygen atoms in total. The van der Waals surface area contributed by atoms with E-state index in [1.165, 1.54) is 46.2 Å². The molecule has 0 radical (unpaired) electrons. The molecule has 2 aliphatic carbocycles. The van der Waals surface area contributed by atoms with Crippen LogP contribution in [0.15, 0.2) is 78.4 Å². The van der Waals surface area contributed by atoms with E-state index in [9.17, 15) is 0 Å². The molecule has 1 saturated carbocycles. The zero-order chi connectivity index (χ0) is 25.8. The number of hydrogen-bond acceptors (Lipinski definition) is 0. The molecule has 3 aromatic rings. The fourth-order valence-corrected chi connectivity index (χ4v) is 16.9. The Balaban J connectivity index is 0.00000178. The van der Waals surface area contributed by atoms with Gasteiger partial charge < -0.3 is 37.2 Å². The Bertz CT molecular complexity index is 1220. The monoisotopic (exact) mass is 628 g/mol. The molecule has 5 rings (SSSR count). The van der Waals surface area contributed by atoms with Gasteiger partial charge in [-0.05, 0) is 0 Å². The summed E-state index contributed by atoms with van der Waals surface area (Å²) in [4.78, 5) is 0. The second-order valence-electron chi connectivity index (χ2n) is 11.8. The summed E-state index contributed by atoms with van der Waals surface area (Å²) in [6.07, 6.45) is 9.70. The zero-order valence-corrected chi connectivity index (χ0v) is 29.0. The van der Waals surface area contributed by atoms with Crippen LogP contribution in [-0.2, 0) is 20.4 Å². The third-order valence-electron chi connectivity index (χ3n) is 8.66. The minimum Gasteiger partial charge on any atom is -1.00 e. The molecule has 5 heteroatoms. The van der Waals surface area contributed by atoms with Gasteiger partial charge in [0.25, 0.3) is 0 Å². The minimum absolute atomic E-state index is 0. The minimum atomic E-state index is -2.58. The number of fused-ring (bicyclic) bond motifs is 1. The van der Waals surface area contributed by atoms with E-state index in [1.807, 2.05) is 0 Å². The molecular weight excluding hydrogens is 591 g/mol. The summed E-state index contributed by atoms with van der Waals surface area (Å²) in [5.74, 6) is 1.26. The van der Waals surface area contributed by atoms with E-state index in [1.54, 1.807) is 21.1 Å². The molecule has 39 heavy (non-hydrogen) atoms. The second-order valence-corrected chi connectivity index (χ2v) is 17.8. The van der Waals surface area contributed by atoms with Gasteiger partial charge in [-0.15, -0.1) is 0 Å². The van der Waals surface area contributed by atoms with Crippen molar-refractivity contribution in [1.82, 2.24) is 0 Å². The first kappa shape index (κ1) is 34.1. The molecule has 3 atom stereocenters. The standard InChI is InChI=1S/C34H39Si.3ClH.Ti/c1-22-12-23(2)16-30(15-22)35(31-17-24(3)13-25(4)18-31,32-19-26(5)14-27(6)20-32)34-28(7)21-29-10-8-9-11-33(29)34;;;;/h8-9,11-20,28-29H,10,21H2,1-7H3;3*1H;/q;;;;+3/p-3. The SMILES string of the molecule is Cc1cc(C)cc([Si](c2cc(C)cc(C)c2)(c2cc(C)cc(C)c2)[C]2([Ti+3])C3=CC=CCC3CC2C)c1.[Cl-].[Cl-].[Cl-]. The third-order valence-corrected chi connectivity index (χ3v) is 17.1. The van der Waals surface area contributed by atoms with Crippen LogP contribution in [0.4, 0.5) is 0 Å². The van der Waals surface area contributed by atoms with Gasteiger partial charge in [-0.1, -0.05) is 0 Å². The van der Waals surface area contributed by atoms with Gasteiger partial charge in [0.15, 0.2) is 0 Å². The predicted octanol–water partition coefficient (Wildman–Crippen LogP) is -2.19. The van der Waals surface area contributed by atoms with Crippen molar-refractivity contribution in [2.75, 3.05) is 0 Å². The molecule has 1 fully saturated rings. The molecule has 204 valence electrons. The van der Waals surface area contributed by atoms with Crippen LogP contribution in [0.5, 0.6) is 0 Å². The molecule has 0 aliphatic heterocycles. The molecule has 0 aromatic heterocycles. The van der Waals surface area contributed by atoms with E-state index >= 15 is 0 Å². The number of benzene rings is 3. The summed E-state index contributed by atoms with van der Waals surface area (Å²) < 4.78 is 0.0725. The van der Waals surface area contributed by atoms with Gasteiger partial charge >= 0.3 is 232 Å². The summed E-state index contributed by atoms with van der Waals surface area (Å²) in [6, 6.07) is 22.3. The summed E-state index contributed by atoms with van der Waals surface area (Å²) in [5, 5.41) is 4.71. The largest absolute Gasteiger partial charge is 1.00 e. The van der Waals surface area contributed by atoms with Crippen molar-refractivity contribution in [3.8, 4) is 0 Å². The van der Waals surface area contributed by atoms with Crippen LogP contribution in [0.1, 0.15) is 53.1 Å². The quantitative estimate of drug-likeness (QED) is 0.227. The van der Waals surface area contributed by atoms with Crippen LogP contribution in [-0.4, -0.2) is 8.07 Å². The second kappa shape index (κ2) is 12.8. The van der Waals surface area contributed by atoms with Gasteiger partial charge in [0.2, 0.25) is 0 Å². The van der Waals surface area contributed by atoms with Gasteiger partial charge in [-0.25, -0.2) is 0 Å². The van der Waals surface area contributed by atoms with Crippen LogP contribution < -0.4 is 52.8 Å². The number of rotatable bonds is 4. The van der Waals surface area contributed by atoms with E-state index in [0.717, 1.165) is 0 Å². The van der Waals surface area contributed by atoms with Gasteiger partial charge in [0.05, 0.1) is 0 Å². The topological polar surface area (TPSA) is 0 Å². The first-order valence-electron chi connectivity index (χ1n) is 13.4. The van der Waals surface area contributed by atoms with E-state index in [-0.39, 0.29) is 40.6 Å². The molecule has 0 heterocycles. The fraction of sp³-hybridized carbons (Fsp3) is 0.353. The van der Waals surface area contributed by atoms with Gasteiger partial charge in [-0.2, -0.15) is 0 Å². The van der Waals surface area contributed by atoms with E-state index in [0.29, 0.717) is 11.8 Å². The Morgan fingerprint density at radius 2 is 1.00 bits per heavy atom. The Labute approximate surface area is 267 Å². The Morgan fingerprint density at radius 1 is 0.641 bits per heavy atom. The van der Waals surface area contributed by atoms with Crippen LogP contribution >= 0.6 is 0 Å². The zero-order valence-electron chi connectivity index (χ0n) is 24.1. The molecule has 0 amide bonds. The Hall–Kier alpha value is -1.06. The molecule has 0 spiro atoms. The van der Waals surface area contributed by atoms with Gasteiger partial charge in [0, 0.05) is 0 Å². The van der Waals surface area contributed by atoms with E-state index < -0.39 is 8.07 Å². The van der Waals surface area contributed by atoms with E-state index in [4.69, 9.17) is 0 Å². The Morgan fingerprint density at radius 3 is 1.36 bits per heavy atom. The predicted molar refractivity (Wildman–Crippen MR) is 154 cm³/mol. The van der Waals surface area contributed by atoms with Crippen molar-refractivity contribution in [1.29, 1.82) is 0 Å². The summed E-state index contributed by atoms with van der Waals surface area (Å²) in [5.41, 5.74) is 9.94. The fourth-order valence-electron chi connectivity index (χ4n) is 7.58. The van der Waals surface area contributed by atoms with Gasteiger partial charge in [0.1, 0.15) is 0 Å². The number of hydrogen-bond donors (Lipinski definition) is 0. The maximum Gasteiger partial charge on any atom is -1.00 e. The smallest absolute Gasteiger partial charge is 1.00 e. The molecule has 0 N–H and O–H groups in total. The van der Waals surface area contributed by atoms with Crippen LogP contribution in [0.25, 0.3) is 0 Å². The van der Waals surface area contributed by atoms with Crippen molar-refractivity contribution in [3.05, 3.63) is 112 Å². The molecule has 3 unspecified atom stereocenters.